The van der Waals surface area contributed by atoms with Crippen LogP contribution in [0.15, 0.2) is 37.4 Å². The van der Waals surface area contributed by atoms with E-state index >= 15 is 0 Å². The summed E-state index contributed by atoms with van der Waals surface area (Å²) in [6.07, 6.45) is 2.07. The number of sulfone groups is 1. The lowest BCUT2D eigenvalue weighted by atomic mass is 10.0. The SMILES string of the molecule is C=C.COC(=O)C(NC(=O)c1ccc(C#CCCO)cc1)C1(SC)CS(=O)(=O)C1. The molecule has 0 aromatic heterocycles. The highest BCUT2D eigenvalue weighted by Gasteiger charge is 2.56. The second-order valence-corrected chi connectivity index (χ2v) is 9.37. The van der Waals surface area contributed by atoms with Crippen LogP contribution in [0.3, 0.4) is 0 Å². The van der Waals surface area contributed by atoms with Crippen molar-refractivity contribution in [1.29, 1.82) is 0 Å². The second kappa shape index (κ2) is 11.0. The number of rotatable bonds is 6. The molecule has 1 aliphatic heterocycles. The Bertz CT molecular complexity index is 872. The summed E-state index contributed by atoms with van der Waals surface area (Å²) in [6.45, 7) is 5.98. The zero-order valence-corrected chi connectivity index (χ0v) is 18.1. The van der Waals surface area contributed by atoms with Gasteiger partial charge in [0.2, 0.25) is 0 Å². The Hall–Kier alpha value is -2.28. The molecule has 1 amide bonds. The molecule has 0 bridgehead atoms. The van der Waals surface area contributed by atoms with Gasteiger partial charge in [0.05, 0.1) is 30.0 Å². The topological polar surface area (TPSA) is 110 Å². The zero-order valence-electron chi connectivity index (χ0n) is 16.4. The van der Waals surface area contributed by atoms with E-state index in [1.165, 1.54) is 18.9 Å². The number of amides is 1. The van der Waals surface area contributed by atoms with E-state index in [0.29, 0.717) is 17.5 Å². The Labute approximate surface area is 175 Å². The highest BCUT2D eigenvalue weighted by Crippen LogP contribution is 2.39. The first-order valence-electron chi connectivity index (χ1n) is 8.61. The molecule has 0 saturated carbocycles. The summed E-state index contributed by atoms with van der Waals surface area (Å²) in [6, 6.07) is 5.37. The summed E-state index contributed by atoms with van der Waals surface area (Å²) < 4.78 is 27.2. The lowest BCUT2D eigenvalue weighted by Gasteiger charge is -2.44. The molecule has 7 nitrogen and oxygen atoms in total. The van der Waals surface area contributed by atoms with Crippen LogP contribution in [0.2, 0.25) is 0 Å². The van der Waals surface area contributed by atoms with Crippen LogP contribution < -0.4 is 5.32 Å². The maximum atomic E-state index is 12.6. The van der Waals surface area contributed by atoms with Gasteiger partial charge in [-0.1, -0.05) is 11.8 Å². The predicted molar refractivity (Wildman–Crippen MR) is 114 cm³/mol. The molecule has 2 N–H and O–H groups in total. The van der Waals surface area contributed by atoms with E-state index in [9.17, 15) is 18.0 Å². The fourth-order valence-corrected chi connectivity index (χ4v) is 6.92. The zero-order chi connectivity index (χ0) is 22.1. The molecule has 1 heterocycles. The molecule has 1 aromatic rings. The van der Waals surface area contributed by atoms with Crippen molar-refractivity contribution < 1.29 is 27.9 Å². The van der Waals surface area contributed by atoms with Crippen LogP contribution in [0.25, 0.3) is 0 Å². The van der Waals surface area contributed by atoms with Crippen LogP contribution >= 0.6 is 11.8 Å². The van der Waals surface area contributed by atoms with Gasteiger partial charge < -0.3 is 15.2 Å². The molecule has 9 heteroatoms. The summed E-state index contributed by atoms with van der Waals surface area (Å²) in [5.74, 6) is 4.07. The van der Waals surface area contributed by atoms with Gasteiger partial charge in [-0.3, -0.25) is 4.79 Å². The monoisotopic (exact) mass is 439 g/mol. The fourth-order valence-electron chi connectivity index (χ4n) is 2.77. The summed E-state index contributed by atoms with van der Waals surface area (Å²) in [5.41, 5.74) is 1.00. The predicted octanol–water partition coefficient (Wildman–Crippen LogP) is 1.02. The van der Waals surface area contributed by atoms with Gasteiger partial charge in [0.15, 0.2) is 9.84 Å². The van der Waals surface area contributed by atoms with Crippen molar-refractivity contribution in [3.63, 3.8) is 0 Å². The van der Waals surface area contributed by atoms with Crippen LogP contribution in [0, 0.1) is 11.8 Å². The van der Waals surface area contributed by atoms with Gasteiger partial charge in [-0.05, 0) is 30.5 Å². The lowest BCUT2D eigenvalue weighted by Crippen LogP contribution is -2.67. The minimum atomic E-state index is -3.22. The molecule has 158 valence electrons. The van der Waals surface area contributed by atoms with Gasteiger partial charge in [-0.25, -0.2) is 13.2 Å². The molecule has 29 heavy (non-hydrogen) atoms. The standard InChI is InChI=1S/C18H21NO6S2.C2H4/c1-25-17(22)15(18(26-2)11-27(23,24)12-18)19-16(21)14-8-6-13(7-9-14)5-3-4-10-20;1-2/h6-9,15,20H,4,10-12H2,1-2H3,(H,19,21);1-2H2. The van der Waals surface area contributed by atoms with Crippen molar-refractivity contribution in [3.8, 4) is 11.8 Å². The van der Waals surface area contributed by atoms with Gasteiger partial charge in [-0.15, -0.1) is 13.2 Å². The number of aliphatic hydroxyl groups excluding tert-OH is 1. The first kappa shape index (κ1) is 24.8. The normalized spacial score (nSPS) is 16.5. The number of hydrogen-bond acceptors (Lipinski definition) is 7. The Balaban J connectivity index is 0.00000204. The number of methoxy groups -OCH3 is 1. The lowest BCUT2D eigenvalue weighted by molar-refractivity contribution is -0.143. The van der Waals surface area contributed by atoms with E-state index in [0.717, 1.165) is 0 Å². The largest absolute Gasteiger partial charge is 0.467 e. The first-order valence-corrected chi connectivity index (χ1v) is 11.7. The maximum Gasteiger partial charge on any atom is 0.329 e. The number of carbonyl (C=O) groups is 2. The van der Waals surface area contributed by atoms with Crippen molar-refractivity contribution in [2.45, 2.75) is 17.2 Å². The highest BCUT2D eigenvalue weighted by molar-refractivity contribution is 8.04. The Kier molecular flexibility index (Phi) is 9.43. The average molecular weight is 440 g/mol. The minimum Gasteiger partial charge on any atom is -0.467 e. The summed E-state index contributed by atoms with van der Waals surface area (Å²) >= 11 is 1.23. The summed E-state index contributed by atoms with van der Waals surface area (Å²) in [7, 11) is -2.02. The van der Waals surface area contributed by atoms with E-state index in [4.69, 9.17) is 9.84 Å². The Morgan fingerprint density at radius 2 is 1.90 bits per heavy atom. The Morgan fingerprint density at radius 1 is 1.31 bits per heavy atom. The van der Waals surface area contributed by atoms with E-state index in [1.807, 2.05) is 0 Å². The van der Waals surface area contributed by atoms with Gasteiger partial charge in [0.25, 0.3) is 5.91 Å². The molecule has 1 aliphatic rings. The van der Waals surface area contributed by atoms with E-state index in [2.05, 4.69) is 30.3 Å². The third-order valence-corrected chi connectivity index (χ3v) is 7.80. The third-order valence-electron chi connectivity index (χ3n) is 4.19. The van der Waals surface area contributed by atoms with E-state index in [-0.39, 0.29) is 18.1 Å². The third kappa shape index (κ3) is 6.35. The van der Waals surface area contributed by atoms with Crippen LogP contribution in [0.5, 0.6) is 0 Å². The Morgan fingerprint density at radius 3 is 2.34 bits per heavy atom. The van der Waals surface area contributed by atoms with Gasteiger partial charge in [-0.2, -0.15) is 11.8 Å². The first-order chi connectivity index (χ1) is 13.8. The number of aliphatic hydroxyl groups is 1. The number of hydrogen-bond donors (Lipinski definition) is 2. The minimum absolute atomic E-state index is 0.0185. The highest BCUT2D eigenvalue weighted by atomic mass is 32.2. The molecule has 1 aromatic carbocycles. The summed E-state index contributed by atoms with van der Waals surface area (Å²) in [4.78, 5) is 24.8. The number of nitrogens with one attached hydrogen (secondary N) is 1. The summed E-state index contributed by atoms with van der Waals surface area (Å²) in [5, 5.41) is 11.3. The van der Waals surface area contributed by atoms with Crippen LogP contribution in [-0.4, -0.2) is 67.7 Å². The quantitative estimate of drug-likeness (QED) is 0.387. The molecule has 0 spiro atoms. The molecule has 1 saturated heterocycles. The molecule has 1 unspecified atom stereocenters. The molecular formula is C20H25NO6S2. The van der Waals surface area contributed by atoms with Gasteiger partial charge in [0, 0.05) is 17.5 Å². The number of esters is 1. The molecule has 1 atom stereocenters. The molecule has 0 aliphatic carbocycles. The fraction of sp³-hybridized carbons (Fsp3) is 0.400. The van der Waals surface area contributed by atoms with Crippen LogP contribution in [0.1, 0.15) is 22.3 Å². The van der Waals surface area contributed by atoms with Crippen LogP contribution in [-0.2, 0) is 19.4 Å². The number of ether oxygens (including phenoxy) is 1. The van der Waals surface area contributed by atoms with Crippen molar-refractivity contribution in [3.05, 3.63) is 48.6 Å². The van der Waals surface area contributed by atoms with E-state index < -0.39 is 32.5 Å². The van der Waals surface area contributed by atoms with E-state index in [1.54, 1.807) is 30.5 Å². The molecular weight excluding hydrogens is 414 g/mol. The number of carbonyl (C=O) groups excluding carboxylic acids is 2. The van der Waals surface area contributed by atoms with Crippen molar-refractivity contribution in [2.75, 3.05) is 31.5 Å². The van der Waals surface area contributed by atoms with Crippen molar-refractivity contribution in [1.82, 2.24) is 5.32 Å². The van der Waals surface area contributed by atoms with Crippen molar-refractivity contribution >= 4 is 33.5 Å². The average Bonchev–Trinajstić information content (AvgIpc) is 2.71. The maximum absolute atomic E-state index is 12.6. The smallest absolute Gasteiger partial charge is 0.329 e. The van der Waals surface area contributed by atoms with Crippen LogP contribution in [0.4, 0.5) is 0 Å². The second-order valence-electron chi connectivity index (χ2n) is 6.08. The van der Waals surface area contributed by atoms with Gasteiger partial charge in [0.1, 0.15) is 6.04 Å². The number of thioether (sulfide) groups is 1. The molecule has 1 fully saturated rings. The molecule has 0 radical (unpaired) electrons. The number of benzene rings is 1. The van der Waals surface area contributed by atoms with Crippen molar-refractivity contribution in [2.24, 2.45) is 0 Å². The molecule has 2 rings (SSSR count). The van der Waals surface area contributed by atoms with Gasteiger partial charge >= 0.3 is 5.97 Å².